The Bertz CT molecular complexity index is 37.9. The fourth-order valence-electron chi connectivity index (χ4n) is 0. The largest absolute Gasteiger partial charge is 1.00 e. The van der Waals surface area contributed by atoms with Crippen molar-refractivity contribution in [2.45, 2.75) is 0 Å². The second-order valence-electron chi connectivity index (χ2n) is 0.283. The van der Waals surface area contributed by atoms with Crippen LogP contribution in [-0.4, -0.2) is 16.4 Å². The van der Waals surface area contributed by atoms with Gasteiger partial charge in [0.2, 0.25) is 0 Å². The molecule has 0 aromatic heterocycles. The van der Waals surface area contributed by atoms with Gasteiger partial charge in [-0.2, -0.15) is 0 Å². The van der Waals surface area contributed by atoms with E-state index in [1.807, 2.05) is 0 Å². The third-order valence-electron chi connectivity index (χ3n) is 0. The van der Waals surface area contributed by atoms with Gasteiger partial charge < -0.3 is 11.6 Å². The Morgan fingerprint density at radius 1 is 1.50 bits per heavy atom. The van der Waals surface area contributed by atoms with Crippen molar-refractivity contribution in [1.82, 2.24) is 0 Å². The van der Waals surface area contributed by atoms with Gasteiger partial charge in [-0.15, -0.1) is 0 Å². The van der Waals surface area contributed by atoms with Crippen LogP contribution in [0.15, 0.2) is 0 Å². The molecule has 0 aromatic rings. The summed E-state index contributed by atoms with van der Waals surface area (Å²) >= 11 is 0. The third kappa shape index (κ3) is 41.5. The van der Waals surface area contributed by atoms with Crippen LogP contribution in [0.5, 0.6) is 0 Å². The van der Waals surface area contributed by atoms with Crippen molar-refractivity contribution in [3.8, 4) is 0 Å². The maximum Gasteiger partial charge on any atom is 1.00 e. The molecule has 0 aromatic carbocycles. The van der Waals surface area contributed by atoms with Crippen molar-refractivity contribution in [2.24, 2.45) is 0 Å². The van der Waals surface area contributed by atoms with Crippen LogP contribution >= 0.6 is 0 Å². The summed E-state index contributed by atoms with van der Waals surface area (Å²) in [6, 6.07) is 0. The number of carbonyl (C=O) groups is 1. The topological polar surface area (TPSA) is 57.5 Å². The Labute approximate surface area is 98.1 Å². The quantitative estimate of drug-likeness (QED) is 0.413. The summed E-state index contributed by atoms with van der Waals surface area (Å²) in [4.78, 5) is 8.56. The van der Waals surface area contributed by atoms with Crippen LogP contribution in [-0.2, 0) is 26.2 Å². The monoisotopic (exact) mass is 192 g/mol. The second-order valence-corrected chi connectivity index (χ2v) is 0.283. The first-order chi connectivity index (χ1) is 1.73. The fraction of sp³-hybridized carbons (Fsp3) is 0. The van der Waals surface area contributed by atoms with E-state index in [1.165, 1.54) is 0 Å². The SMILES string of the molecule is O=C(O)O.[H-].[K+].[Zr]. The molecule has 2 N–H and O–H groups in total. The van der Waals surface area contributed by atoms with Crippen molar-refractivity contribution >= 4 is 6.16 Å². The molecule has 3 nitrogen and oxygen atoms in total. The van der Waals surface area contributed by atoms with E-state index in [0.29, 0.717) is 0 Å². The van der Waals surface area contributed by atoms with Crippen molar-refractivity contribution in [3.63, 3.8) is 0 Å². The van der Waals surface area contributed by atoms with Crippen LogP contribution in [0.1, 0.15) is 1.43 Å². The molecule has 0 saturated carbocycles. The van der Waals surface area contributed by atoms with Crippen molar-refractivity contribution in [1.29, 1.82) is 0 Å². The van der Waals surface area contributed by atoms with E-state index in [4.69, 9.17) is 15.0 Å². The van der Waals surface area contributed by atoms with Gasteiger partial charge in [-0.1, -0.05) is 0 Å². The van der Waals surface area contributed by atoms with Crippen LogP contribution < -0.4 is 51.4 Å². The summed E-state index contributed by atoms with van der Waals surface area (Å²) in [5.74, 6) is 0. The van der Waals surface area contributed by atoms with E-state index < -0.39 is 6.16 Å². The summed E-state index contributed by atoms with van der Waals surface area (Å²) in [6.07, 6.45) is -1.83. The standard InChI is InChI=1S/CH2O3.K.Zr.H/c2-1(3)4;;;/h(H2,2,3,4);;;/q;+1;;-1. The smallest absolute Gasteiger partial charge is 1.00 e. The molecule has 0 heterocycles. The van der Waals surface area contributed by atoms with Gasteiger partial charge in [0.1, 0.15) is 0 Å². The molecule has 6 heavy (non-hydrogen) atoms. The second kappa shape index (κ2) is 9.92. The average molecular weight is 193 g/mol. The number of rotatable bonds is 0. The van der Waals surface area contributed by atoms with Gasteiger partial charge in [-0.05, 0) is 0 Å². The predicted octanol–water partition coefficient (Wildman–Crippen LogP) is -2.66. The zero-order valence-corrected chi connectivity index (χ0v) is 8.88. The minimum absolute atomic E-state index is 0. The number of carboxylic acid groups (broad SMARTS) is 2. The molecule has 0 aliphatic heterocycles. The molecule has 0 fully saturated rings. The van der Waals surface area contributed by atoms with Crippen LogP contribution in [0, 0.1) is 0 Å². The molecule has 0 aliphatic rings. The van der Waals surface area contributed by atoms with Gasteiger partial charge in [-0.3, -0.25) is 0 Å². The van der Waals surface area contributed by atoms with Crippen molar-refractivity contribution in [2.75, 3.05) is 0 Å². The van der Waals surface area contributed by atoms with Gasteiger partial charge >= 0.3 is 57.5 Å². The van der Waals surface area contributed by atoms with Gasteiger partial charge in [-0.25, -0.2) is 4.79 Å². The van der Waals surface area contributed by atoms with Crippen LogP contribution in [0.25, 0.3) is 0 Å². The van der Waals surface area contributed by atoms with Crippen LogP contribution in [0.3, 0.4) is 0 Å². The van der Waals surface area contributed by atoms with Gasteiger partial charge in [0, 0.05) is 26.2 Å². The maximum absolute atomic E-state index is 8.56. The fourth-order valence-corrected chi connectivity index (χ4v) is 0. The molecule has 0 spiro atoms. The van der Waals surface area contributed by atoms with E-state index >= 15 is 0 Å². The molecule has 0 rings (SSSR count). The molecule has 0 saturated heterocycles. The van der Waals surface area contributed by atoms with Crippen LogP contribution in [0.4, 0.5) is 4.79 Å². The molecule has 0 bridgehead atoms. The van der Waals surface area contributed by atoms with Crippen molar-refractivity contribution < 1.29 is 94.0 Å². The molecule has 0 radical (unpaired) electrons. The van der Waals surface area contributed by atoms with E-state index in [2.05, 4.69) is 0 Å². The Morgan fingerprint density at radius 3 is 1.50 bits per heavy atom. The average Bonchev–Trinajstić information content (AvgIpc) is 0.811. The predicted molar refractivity (Wildman–Crippen MR) is 11.8 cm³/mol. The maximum atomic E-state index is 8.56. The minimum Gasteiger partial charge on any atom is -1.00 e. The van der Waals surface area contributed by atoms with Gasteiger partial charge in [0.15, 0.2) is 0 Å². The molecule has 0 aliphatic carbocycles. The third-order valence-corrected chi connectivity index (χ3v) is 0. The van der Waals surface area contributed by atoms with Crippen LogP contribution in [0.2, 0.25) is 0 Å². The van der Waals surface area contributed by atoms with E-state index in [0.717, 1.165) is 0 Å². The molecule has 0 unspecified atom stereocenters. The molecule has 0 atom stereocenters. The zero-order chi connectivity index (χ0) is 3.58. The number of hydrogen-bond donors (Lipinski definition) is 2. The summed E-state index contributed by atoms with van der Waals surface area (Å²) in [7, 11) is 0. The Balaban J connectivity index is -0.0000000150. The minimum atomic E-state index is -1.83. The molecular formula is CH3KO3Zr. The summed E-state index contributed by atoms with van der Waals surface area (Å²) in [5.41, 5.74) is 0. The van der Waals surface area contributed by atoms with Gasteiger partial charge in [0.25, 0.3) is 0 Å². The summed E-state index contributed by atoms with van der Waals surface area (Å²) in [5, 5.41) is 13.9. The summed E-state index contributed by atoms with van der Waals surface area (Å²) < 4.78 is 0. The molecular weight excluding hydrogens is 190 g/mol. The van der Waals surface area contributed by atoms with E-state index in [-0.39, 0.29) is 79.0 Å². The number of hydrogen-bond acceptors (Lipinski definition) is 1. The normalized spacial score (nSPS) is 4.00. The first kappa shape index (κ1) is 15.7. The van der Waals surface area contributed by atoms with Crippen molar-refractivity contribution in [3.05, 3.63) is 0 Å². The van der Waals surface area contributed by atoms with Gasteiger partial charge in [0.05, 0.1) is 0 Å². The first-order valence-electron chi connectivity index (χ1n) is 0.651. The Morgan fingerprint density at radius 2 is 1.50 bits per heavy atom. The first-order valence-corrected chi connectivity index (χ1v) is 0.651. The molecule has 30 valence electrons. The van der Waals surface area contributed by atoms with E-state index in [1.54, 1.807) is 0 Å². The Hall–Kier alpha value is 1.79. The molecule has 0 amide bonds. The zero-order valence-electron chi connectivity index (χ0n) is 4.30. The summed E-state index contributed by atoms with van der Waals surface area (Å²) in [6.45, 7) is 0. The van der Waals surface area contributed by atoms with E-state index in [9.17, 15) is 0 Å². The Kier molecular flexibility index (Phi) is 25.9. The molecule has 5 heteroatoms.